The molecule has 0 amide bonds. The van der Waals surface area contributed by atoms with E-state index < -0.39 is 11.2 Å². The number of methoxy groups -OCH3 is 1. The van der Waals surface area contributed by atoms with Crippen molar-refractivity contribution in [3.63, 3.8) is 0 Å². The third kappa shape index (κ3) is 4.96. The van der Waals surface area contributed by atoms with Crippen LogP contribution in [0.3, 0.4) is 0 Å². The van der Waals surface area contributed by atoms with Crippen molar-refractivity contribution in [2.75, 3.05) is 56.6 Å². The van der Waals surface area contributed by atoms with E-state index in [1.165, 1.54) is 11.6 Å². The molecular weight excluding hydrogens is 400 g/mol. The second kappa shape index (κ2) is 10.3. The SMILES string of the molecule is COc1ccccc1N1CCN(CCCNc2c(CN=O)c(=O)n(C)c(=O)n2C)CC1. The van der Waals surface area contributed by atoms with Gasteiger partial charge in [0.2, 0.25) is 0 Å². The van der Waals surface area contributed by atoms with E-state index in [2.05, 4.69) is 26.4 Å². The first-order chi connectivity index (χ1) is 15.0. The molecule has 0 bridgehead atoms. The maximum absolute atomic E-state index is 12.3. The predicted molar refractivity (Wildman–Crippen MR) is 121 cm³/mol. The van der Waals surface area contributed by atoms with Crippen molar-refractivity contribution in [2.24, 2.45) is 19.3 Å². The van der Waals surface area contributed by atoms with E-state index in [-0.39, 0.29) is 12.1 Å². The van der Waals surface area contributed by atoms with Gasteiger partial charge in [0.05, 0.1) is 18.4 Å². The van der Waals surface area contributed by atoms with Crippen molar-refractivity contribution >= 4 is 11.5 Å². The van der Waals surface area contributed by atoms with Gasteiger partial charge < -0.3 is 15.0 Å². The number of nitrogens with one attached hydrogen (secondary N) is 1. The van der Waals surface area contributed by atoms with Crippen molar-refractivity contribution < 1.29 is 4.74 Å². The highest BCUT2D eigenvalue weighted by molar-refractivity contribution is 5.58. The highest BCUT2D eigenvalue weighted by Gasteiger charge is 2.19. The third-order valence-corrected chi connectivity index (χ3v) is 5.72. The van der Waals surface area contributed by atoms with E-state index in [0.29, 0.717) is 12.4 Å². The molecule has 1 aromatic heterocycles. The van der Waals surface area contributed by atoms with Gasteiger partial charge in [0.1, 0.15) is 18.1 Å². The van der Waals surface area contributed by atoms with Gasteiger partial charge >= 0.3 is 5.69 Å². The molecule has 0 spiro atoms. The summed E-state index contributed by atoms with van der Waals surface area (Å²) in [5.41, 5.74) is 0.409. The van der Waals surface area contributed by atoms with Crippen LogP contribution in [0.5, 0.6) is 5.75 Å². The lowest BCUT2D eigenvalue weighted by molar-refractivity contribution is 0.256. The summed E-state index contributed by atoms with van der Waals surface area (Å²) in [6, 6.07) is 8.06. The number of hydrogen-bond acceptors (Lipinski definition) is 8. The first-order valence-electron chi connectivity index (χ1n) is 10.4. The van der Waals surface area contributed by atoms with Gasteiger partial charge in [0.15, 0.2) is 0 Å². The summed E-state index contributed by atoms with van der Waals surface area (Å²) in [5, 5.41) is 6.01. The number of hydrogen-bond donors (Lipinski definition) is 1. The average molecular weight is 431 g/mol. The van der Waals surface area contributed by atoms with Crippen molar-refractivity contribution in [3.05, 3.63) is 55.6 Å². The topological polar surface area (TPSA) is 101 Å². The predicted octanol–water partition coefficient (Wildman–Crippen LogP) is 0.983. The third-order valence-electron chi connectivity index (χ3n) is 5.72. The molecule has 0 unspecified atom stereocenters. The monoisotopic (exact) mass is 430 g/mol. The van der Waals surface area contributed by atoms with E-state index >= 15 is 0 Å². The molecule has 1 fully saturated rings. The van der Waals surface area contributed by atoms with E-state index in [1.54, 1.807) is 14.2 Å². The minimum Gasteiger partial charge on any atom is -0.495 e. The number of nitrogens with zero attached hydrogens (tertiary/aromatic N) is 5. The number of piperazine rings is 1. The molecule has 1 N–H and O–H groups in total. The summed E-state index contributed by atoms with van der Waals surface area (Å²) in [7, 11) is 4.67. The van der Waals surface area contributed by atoms with E-state index in [9.17, 15) is 14.5 Å². The molecule has 2 heterocycles. The van der Waals surface area contributed by atoms with Crippen molar-refractivity contribution in [2.45, 2.75) is 13.0 Å². The van der Waals surface area contributed by atoms with Gasteiger partial charge in [-0.1, -0.05) is 17.3 Å². The molecule has 1 saturated heterocycles. The molecule has 168 valence electrons. The summed E-state index contributed by atoms with van der Waals surface area (Å²) in [6.07, 6.45) is 0.839. The number of nitroso groups, excluding NO2 is 1. The molecule has 10 nitrogen and oxygen atoms in total. The van der Waals surface area contributed by atoms with Crippen LogP contribution in [0.25, 0.3) is 0 Å². The molecular formula is C21H30N6O4. The molecule has 31 heavy (non-hydrogen) atoms. The second-order valence-corrected chi connectivity index (χ2v) is 7.60. The Kier molecular flexibility index (Phi) is 7.45. The highest BCUT2D eigenvalue weighted by Crippen LogP contribution is 2.28. The molecule has 1 aliphatic heterocycles. The summed E-state index contributed by atoms with van der Waals surface area (Å²) in [6.45, 7) is 4.95. The van der Waals surface area contributed by atoms with Crippen LogP contribution < -0.4 is 26.2 Å². The Bertz CT molecular complexity index is 1020. The van der Waals surface area contributed by atoms with Crippen molar-refractivity contribution in [3.8, 4) is 5.75 Å². The van der Waals surface area contributed by atoms with Crippen LogP contribution in [0.15, 0.2) is 39.0 Å². The largest absolute Gasteiger partial charge is 0.495 e. The zero-order chi connectivity index (χ0) is 22.4. The fourth-order valence-electron chi connectivity index (χ4n) is 3.96. The van der Waals surface area contributed by atoms with Crippen LogP contribution in [-0.4, -0.2) is 60.4 Å². The summed E-state index contributed by atoms with van der Waals surface area (Å²) in [5.74, 6) is 1.26. The van der Waals surface area contributed by atoms with Gasteiger partial charge in [-0.05, 0) is 25.1 Å². The van der Waals surface area contributed by atoms with E-state index in [1.807, 2.05) is 18.2 Å². The number of rotatable bonds is 9. The minimum atomic E-state index is -0.488. The zero-order valence-corrected chi connectivity index (χ0v) is 18.3. The number of anilines is 2. The lowest BCUT2D eigenvalue weighted by Gasteiger charge is -2.36. The Hall–Kier alpha value is -3.14. The van der Waals surface area contributed by atoms with Crippen molar-refractivity contribution in [1.29, 1.82) is 0 Å². The van der Waals surface area contributed by atoms with Crippen LogP contribution in [-0.2, 0) is 20.6 Å². The molecule has 0 radical (unpaired) electrons. The quantitative estimate of drug-likeness (QED) is 0.467. The lowest BCUT2D eigenvalue weighted by atomic mass is 10.2. The van der Waals surface area contributed by atoms with Gasteiger partial charge in [-0.15, -0.1) is 0 Å². The van der Waals surface area contributed by atoms with Crippen LogP contribution >= 0.6 is 0 Å². The van der Waals surface area contributed by atoms with Crippen LogP contribution in [0.4, 0.5) is 11.5 Å². The molecule has 0 aliphatic carbocycles. The Morgan fingerprint density at radius 2 is 1.77 bits per heavy atom. The number of benzene rings is 1. The van der Waals surface area contributed by atoms with Gasteiger partial charge in [-0.25, -0.2) is 4.79 Å². The van der Waals surface area contributed by atoms with Gasteiger partial charge in [0, 0.05) is 46.8 Å². The first-order valence-corrected chi connectivity index (χ1v) is 10.4. The van der Waals surface area contributed by atoms with Gasteiger partial charge in [-0.3, -0.25) is 18.8 Å². The molecule has 1 aromatic carbocycles. The van der Waals surface area contributed by atoms with Gasteiger partial charge in [-0.2, -0.15) is 4.91 Å². The minimum absolute atomic E-state index is 0.213. The summed E-state index contributed by atoms with van der Waals surface area (Å²) in [4.78, 5) is 40.0. The van der Waals surface area contributed by atoms with Crippen LogP contribution in [0, 0.1) is 4.91 Å². The van der Waals surface area contributed by atoms with Crippen LogP contribution in [0.1, 0.15) is 12.0 Å². The Balaban J connectivity index is 1.53. The summed E-state index contributed by atoms with van der Waals surface area (Å²) < 4.78 is 7.82. The molecule has 3 rings (SSSR count). The lowest BCUT2D eigenvalue weighted by Crippen LogP contribution is -2.47. The van der Waals surface area contributed by atoms with E-state index in [0.717, 1.165) is 55.1 Å². The molecule has 0 saturated carbocycles. The molecule has 10 heteroatoms. The zero-order valence-electron chi connectivity index (χ0n) is 18.3. The number of aromatic nitrogens is 2. The van der Waals surface area contributed by atoms with Crippen LogP contribution in [0.2, 0.25) is 0 Å². The number of ether oxygens (including phenoxy) is 1. The Morgan fingerprint density at radius 1 is 1.06 bits per heavy atom. The standard InChI is InChI=1S/C21H30N6O4/c1-24-19(16(15-23-30)20(28)25(2)21(24)29)22-9-6-10-26-11-13-27(14-12-26)17-7-4-5-8-18(17)31-3/h4-5,7-8,22H,6,9-15H2,1-3H3. The smallest absolute Gasteiger partial charge is 0.332 e. The number of para-hydroxylation sites is 2. The second-order valence-electron chi connectivity index (χ2n) is 7.60. The highest BCUT2D eigenvalue weighted by atomic mass is 16.5. The molecule has 1 aliphatic rings. The fourth-order valence-corrected chi connectivity index (χ4v) is 3.96. The normalized spacial score (nSPS) is 14.5. The van der Waals surface area contributed by atoms with E-state index in [4.69, 9.17) is 4.74 Å². The van der Waals surface area contributed by atoms with Crippen molar-refractivity contribution in [1.82, 2.24) is 14.0 Å². The fraction of sp³-hybridized carbons (Fsp3) is 0.524. The first kappa shape index (κ1) is 22.5. The van der Waals surface area contributed by atoms with Gasteiger partial charge in [0.25, 0.3) is 5.56 Å². The Morgan fingerprint density at radius 3 is 2.45 bits per heavy atom. The molecule has 2 aromatic rings. The maximum atomic E-state index is 12.3. The molecule has 0 atom stereocenters. The summed E-state index contributed by atoms with van der Waals surface area (Å²) >= 11 is 0. The Labute approximate surface area is 181 Å². The maximum Gasteiger partial charge on any atom is 0.332 e. The average Bonchev–Trinajstić information content (AvgIpc) is 2.80.